The third-order valence-corrected chi connectivity index (χ3v) is 5.22. The van der Waals surface area contributed by atoms with Crippen molar-refractivity contribution in [2.24, 2.45) is 0 Å². The Kier molecular flexibility index (Phi) is 5.57. The summed E-state index contributed by atoms with van der Waals surface area (Å²) < 4.78 is 53.7. The van der Waals surface area contributed by atoms with E-state index in [0.29, 0.717) is 25.1 Å². The molecule has 0 radical (unpaired) electrons. The molecule has 1 fully saturated rings. The summed E-state index contributed by atoms with van der Waals surface area (Å²) in [6.07, 6.45) is -1.58. The van der Waals surface area contributed by atoms with Crippen molar-refractivity contribution in [2.45, 2.75) is 31.6 Å². The number of benzene rings is 2. The molecular formula is C22H20F4N4. The minimum absolute atomic E-state index is 0.0990. The van der Waals surface area contributed by atoms with Crippen LogP contribution in [0, 0.1) is 5.82 Å². The van der Waals surface area contributed by atoms with Gasteiger partial charge in [0, 0.05) is 13.1 Å². The number of rotatable bonds is 5. The van der Waals surface area contributed by atoms with Gasteiger partial charge in [0.1, 0.15) is 6.33 Å². The highest BCUT2D eigenvalue weighted by molar-refractivity contribution is 5.53. The fraction of sp³-hybridized carbons (Fsp3) is 0.273. The van der Waals surface area contributed by atoms with Crippen molar-refractivity contribution < 1.29 is 17.6 Å². The molecule has 1 unspecified atom stereocenters. The molecule has 1 aliphatic rings. The zero-order valence-corrected chi connectivity index (χ0v) is 16.0. The first-order valence-corrected chi connectivity index (χ1v) is 9.65. The first-order chi connectivity index (χ1) is 14.4. The normalized spacial score (nSPS) is 16.7. The van der Waals surface area contributed by atoms with Gasteiger partial charge >= 0.3 is 6.18 Å². The van der Waals surface area contributed by atoms with E-state index in [9.17, 15) is 13.2 Å². The lowest BCUT2D eigenvalue weighted by molar-refractivity contribution is -0.137. The molecule has 4 rings (SSSR count). The molecule has 0 spiro atoms. The topological polar surface area (TPSA) is 41.1 Å². The van der Waals surface area contributed by atoms with Crippen LogP contribution < -0.4 is 10.2 Å². The highest BCUT2D eigenvalue weighted by Gasteiger charge is 2.33. The smallest absolute Gasteiger partial charge is 0.363 e. The summed E-state index contributed by atoms with van der Waals surface area (Å²) in [7, 11) is 0. The molecule has 156 valence electrons. The van der Waals surface area contributed by atoms with Crippen LogP contribution in [0.5, 0.6) is 0 Å². The fourth-order valence-electron chi connectivity index (χ4n) is 3.73. The van der Waals surface area contributed by atoms with E-state index < -0.39 is 17.6 Å². The van der Waals surface area contributed by atoms with Crippen molar-refractivity contribution in [3.05, 3.63) is 83.4 Å². The first-order valence-electron chi connectivity index (χ1n) is 9.65. The number of nitrogens with one attached hydrogen (secondary N) is 1. The molecule has 30 heavy (non-hydrogen) atoms. The van der Waals surface area contributed by atoms with Crippen LogP contribution in [0.2, 0.25) is 0 Å². The Morgan fingerprint density at radius 2 is 1.73 bits per heavy atom. The summed E-state index contributed by atoms with van der Waals surface area (Å²) in [6, 6.07) is 14.4. The van der Waals surface area contributed by atoms with Crippen molar-refractivity contribution in [3.8, 4) is 0 Å². The van der Waals surface area contributed by atoms with E-state index >= 15 is 4.39 Å². The van der Waals surface area contributed by atoms with Crippen LogP contribution >= 0.6 is 0 Å². The molecule has 0 aliphatic carbocycles. The molecule has 8 heteroatoms. The maximum absolute atomic E-state index is 15.2. The molecule has 0 saturated carbocycles. The van der Waals surface area contributed by atoms with Crippen molar-refractivity contribution >= 4 is 11.6 Å². The van der Waals surface area contributed by atoms with Crippen LogP contribution in [0.3, 0.4) is 0 Å². The molecule has 0 amide bonds. The summed E-state index contributed by atoms with van der Waals surface area (Å²) in [6.45, 7) is 0.980. The van der Waals surface area contributed by atoms with E-state index in [1.807, 2.05) is 30.3 Å². The van der Waals surface area contributed by atoms with Gasteiger partial charge in [-0.3, -0.25) is 0 Å². The second-order valence-electron chi connectivity index (χ2n) is 7.17. The molecule has 1 aromatic heterocycles. The largest absolute Gasteiger partial charge is 0.416 e. The Hall–Kier alpha value is -3.16. The predicted octanol–water partition coefficient (Wildman–Crippen LogP) is 5.59. The van der Waals surface area contributed by atoms with Crippen LogP contribution in [0.15, 0.2) is 60.9 Å². The van der Waals surface area contributed by atoms with E-state index in [-0.39, 0.29) is 17.7 Å². The van der Waals surface area contributed by atoms with Gasteiger partial charge in [-0.2, -0.15) is 17.6 Å². The summed E-state index contributed by atoms with van der Waals surface area (Å²) in [4.78, 5) is 9.94. The van der Waals surface area contributed by atoms with Gasteiger partial charge in [0.15, 0.2) is 11.6 Å². The zero-order valence-electron chi connectivity index (χ0n) is 16.0. The molecular weight excluding hydrogens is 396 g/mol. The highest BCUT2D eigenvalue weighted by Crippen LogP contribution is 2.38. The number of hydrogen-bond donors (Lipinski definition) is 1. The number of aromatic nitrogens is 2. The van der Waals surface area contributed by atoms with Crippen LogP contribution in [0.1, 0.15) is 35.6 Å². The Labute approximate surface area is 171 Å². The monoisotopic (exact) mass is 416 g/mol. The third kappa shape index (κ3) is 4.22. The molecule has 3 aromatic rings. The van der Waals surface area contributed by atoms with Crippen molar-refractivity contribution in [2.75, 3.05) is 16.8 Å². The molecule has 2 aromatic carbocycles. The Morgan fingerprint density at radius 3 is 2.43 bits per heavy atom. The quantitative estimate of drug-likeness (QED) is 0.551. The molecule has 1 atom stereocenters. The standard InChI is InChI=1S/C22H20F4N4/c23-19-20(27-13-15-5-2-1-3-6-15)28-14-29-21(19)30-12-4-7-18(30)16-8-10-17(11-9-16)22(24,25)26/h1-3,5-6,8-11,14,18H,4,7,12-13H2,(H,27,28,29). The molecule has 1 aliphatic heterocycles. The number of halogens is 4. The van der Waals surface area contributed by atoms with Gasteiger partial charge in [-0.25, -0.2) is 9.97 Å². The van der Waals surface area contributed by atoms with Crippen LogP contribution in [0.4, 0.5) is 29.2 Å². The maximum atomic E-state index is 15.2. The van der Waals surface area contributed by atoms with E-state index in [0.717, 1.165) is 24.1 Å². The Balaban J connectivity index is 1.55. The summed E-state index contributed by atoms with van der Waals surface area (Å²) >= 11 is 0. The lowest BCUT2D eigenvalue weighted by atomic mass is 10.0. The lowest BCUT2D eigenvalue weighted by Gasteiger charge is -2.27. The summed E-state index contributed by atoms with van der Waals surface area (Å²) in [5, 5.41) is 2.99. The third-order valence-electron chi connectivity index (χ3n) is 5.22. The summed E-state index contributed by atoms with van der Waals surface area (Å²) in [5.41, 5.74) is 0.995. The van der Waals surface area contributed by atoms with E-state index in [1.165, 1.54) is 18.5 Å². The second kappa shape index (κ2) is 8.30. The molecule has 1 N–H and O–H groups in total. The predicted molar refractivity (Wildman–Crippen MR) is 107 cm³/mol. The Morgan fingerprint density at radius 1 is 1.00 bits per heavy atom. The average Bonchev–Trinajstić information content (AvgIpc) is 3.23. The Bertz CT molecular complexity index is 990. The number of alkyl halides is 3. The number of hydrogen-bond acceptors (Lipinski definition) is 4. The second-order valence-corrected chi connectivity index (χ2v) is 7.17. The SMILES string of the molecule is Fc1c(NCc2ccccc2)ncnc1N1CCCC1c1ccc(C(F)(F)F)cc1. The maximum Gasteiger partial charge on any atom is 0.416 e. The lowest BCUT2D eigenvalue weighted by Crippen LogP contribution is -2.25. The average molecular weight is 416 g/mol. The van der Waals surface area contributed by atoms with Crippen molar-refractivity contribution in [3.63, 3.8) is 0 Å². The van der Waals surface area contributed by atoms with Crippen molar-refractivity contribution in [1.82, 2.24) is 9.97 Å². The minimum atomic E-state index is -4.38. The van der Waals surface area contributed by atoms with E-state index in [1.54, 1.807) is 4.90 Å². The molecule has 1 saturated heterocycles. The van der Waals surface area contributed by atoms with E-state index in [4.69, 9.17) is 0 Å². The van der Waals surface area contributed by atoms with Gasteiger partial charge < -0.3 is 10.2 Å². The summed E-state index contributed by atoms with van der Waals surface area (Å²) in [5.74, 6) is -0.308. The number of anilines is 2. The fourth-order valence-corrected chi connectivity index (χ4v) is 3.73. The van der Waals surface area contributed by atoms with Gasteiger partial charge in [-0.05, 0) is 36.1 Å². The molecule has 0 bridgehead atoms. The first kappa shape index (κ1) is 20.1. The van der Waals surface area contributed by atoms with Crippen LogP contribution in [0.25, 0.3) is 0 Å². The minimum Gasteiger partial charge on any atom is -0.363 e. The number of nitrogens with zero attached hydrogens (tertiary/aromatic N) is 3. The molecule has 2 heterocycles. The van der Waals surface area contributed by atoms with Crippen LogP contribution in [-0.4, -0.2) is 16.5 Å². The van der Waals surface area contributed by atoms with Crippen molar-refractivity contribution in [1.29, 1.82) is 0 Å². The highest BCUT2D eigenvalue weighted by atomic mass is 19.4. The van der Waals surface area contributed by atoms with Gasteiger partial charge in [-0.15, -0.1) is 0 Å². The van der Waals surface area contributed by atoms with E-state index in [2.05, 4.69) is 15.3 Å². The molecule has 4 nitrogen and oxygen atoms in total. The van der Waals surface area contributed by atoms with Gasteiger partial charge in [0.25, 0.3) is 0 Å². The zero-order chi connectivity index (χ0) is 21.1. The van der Waals surface area contributed by atoms with Crippen LogP contribution in [-0.2, 0) is 12.7 Å². The van der Waals surface area contributed by atoms with Gasteiger partial charge in [0.2, 0.25) is 5.82 Å². The van der Waals surface area contributed by atoms with Gasteiger partial charge in [-0.1, -0.05) is 42.5 Å². The van der Waals surface area contributed by atoms with Gasteiger partial charge in [0.05, 0.1) is 11.6 Å².